The van der Waals surface area contributed by atoms with Crippen LogP contribution in [-0.2, 0) is 16.0 Å². The van der Waals surface area contributed by atoms with Crippen LogP contribution in [0.15, 0.2) is 55.2 Å². The predicted molar refractivity (Wildman–Crippen MR) is 104 cm³/mol. The van der Waals surface area contributed by atoms with E-state index in [2.05, 4.69) is 26.2 Å². The molecule has 2 heterocycles. The number of nitrogens with zero attached hydrogens (tertiary/aromatic N) is 1. The zero-order valence-corrected chi connectivity index (χ0v) is 16.1. The summed E-state index contributed by atoms with van der Waals surface area (Å²) in [6, 6.07) is 9.41. The number of carbonyl (C=O) groups is 2. The summed E-state index contributed by atoms with van der Waals surface area (Å²) in [6.07, 6.45) is 2.39. The lowest BCUT2D eigenvalue weighted by molar-refractivity contribution is -0.138. The molecule has 2 N–H and O–H groups in total. The average Bonchev–Trinajstić information content (AvgIpc) is 3.20. The van der Waals surface area contributed by atoms with Gasteiger partial charge >= 0.3 is 5.97 Å². The molecule has 0 radical (unpaired) electrons. The Bertz CT molecular complexity index is 902. The lowest BCUT2D eigenvalue weighted by Gasteiger charge is -2.08. The summed E-state index contributed by atoms with van der Waals surface area (Å²) in [5, 5.41) is 12.3. The van der Waals surface area contributed by atoms with Gasteiger partial charge in [-0.05, 0) is 41.6 Å². The Labute approximate surface area is 162 Å². The Balaban J connectivity index is 1.83. The zero-order valence-electron chi connectivity index (χ0n) is 13.7. The summed E-state index contributed by atoms with van der Waals surface area (Å²) in [4.78, 5) is 28.3. The zero-order chi connectivity index (χ0) is 18.7. The summed E-state index contributed by atoms with van der Waals surface area (Å²) in [6.45, 7) is 1.98. The van der Waals surface area contributed by atoms with Gasteiger partial charge in [-0.1, -0.05) is 35.0 Å². The van der Waals surface area contributed by atoms with Crippen LogP contribution in [0.25, 0.3) is 6.08 Å². The number of hydrogen-bond acceptors (Lipinski definition) is 5. The quantitative estimate of drug-likeness (QED) is 0.693. The average molecular weight is 435 g/mol. The van der Waals surface area contributed by atoms with Crippen molar-refractivity contribution in [3.8, 4) is 0 Å². The molecular weight excluding hydrogens is 420 g/mol. The van der Waals surface area contributed by atoms with E-state index in [4.69, 9.17) is 4.42 Å². The number of benzene rings is 1. The van der Waals surface area contributed by atoms with Crippen molar-refractivity contribution >= 4 is 50.8 Å². The van der Waals surface area contributed by atoms with Crippen LogP contribution < -0.4 is 5.32 Å². The molecule has 3 rings (SSSR count). The molecule has 1 aromatic carbocycles. The lowest BCUT2D eigenvalue weighted by Crippen LogP contribution is -2.22. The van der Waals surface area contributed by atoms with Crippen LogP contribution in [0.5, 0.6) is 0 Å². The van der Waals surface area contributed by atoms with Crippen molar-refractivity contribution in [3.05, 3.63) is 62.9 Å². The van der Waals surface area contributed by atoms with E-state index in [0.29, 0.717) is 16.2 Å². The van der Waals surface area contributed by atoms with Gasteiger partial charge in [0.05, 0.1) is 4.91 Å². The molecule has 1 aliphatic rings. The molecule has 2 aromatic rings. The monoisotopic (exact) mass is 434 g/mol. The molecule has 8 heteroatoms. The number of rotatable bonds is 5. The van der Waals surface area contributed by atoms with Crippen molar-refractivity contribution in [1.29, 1.82) is 0 Å². The van der Waals surface area contributed by atoms with Crippen LogP contribution in [-0.4, -0.2) is 22.2 Å². The smallest absolute Gasteiger partial charge is 0.333 e. The van der Waals surface area contributed by atoms with Crippen molar-refractivity contribution in [2.75, 3.05) is 0 Å². The third-order valence-corrected chi connectivity index (χ3v) is 5.07. The van der Waals surface area contributed by atoms with E-state index < -0.39 is 12.0 Å². The lowest BCUT2D eigenvalue weighted by atomic mass is 10.1. The van der Waals surface area contributed by atoms with Crippen molar-refractivity contribution in [1.82, 2.24) is 5.32 Å². The van der Waals surface area contributed by atoms with E-state index in [9.17, 15) is 14.7 Å². The first-order valence-electron chi connectivity index (χ1n) is 7.82. The first-order valence-corrected chi connectivity index (χ1v) is 9.43. The minimum Gasteiger partial charge on any atom is -0.479 e. The number of nitrogens with one attached hydrogen (secondary N) is 1. The Morgan fingerprint density at radius 1 is 1.35 bits per heavy atom. The second kappa shape index (κ2) is 7.92. The molecule has 0 bridgehead atoms. The van der Waals surface area contributed by atoms with Gasteiger partial charge in [0.25, 0.3) is 5.91 Å². The number of aliphatic imine (C=N–C) groups is 1. The molecule has 1 amide bonds. The largest absolute Gasteiger partial charge is 0.479 e. The summed E-state index contributed by atoms with van der Waals surface area (Å²) >= 11 is 4.41. The second-order valence-electron chi connectivity index (χ2n) is 5.45. The van der Waals surface area contributed by atoms with Gasteiger partial charge in [0.1, 0.15) is 11.5 Å². The van der Waals surface area contributed by atoms with E-state index >= 15 is 0 Å². The third-order valence-electron chi connectivity index (χ3n) is 3.62. The number of furan rings is 1. The van der Waals surface area contributed by atoms with Crippen LogP contribution in [0.3, 0.4) is 0 Å². The highest BCUT2D eigenvalue weighted by atomic mass is 79.9. The number of carboxylic acid groups (broad SMARTS) is 1. The Morgan fingerprint density at radius 2 is 2.08 bits per heavy atom. The Kier molecular flexibility index (Phi) is 5.63. The highest BCUT2D eigenvalue weighted by Crippen LogP contribution is 2.29. The highest BCUT2D eigenvalue weighted by Gasteiger charge is 2.27. The maximum Gasteiger partial charge on any atom is 0.333 e. The second-order valence-corrected chi connectivity index (χ2v) is 7.40. The van der Waals surface area contributed by atoms with Gasteiger partial charge < -0.3 is 14.8 Å². The number of amides is 1. The fourth-order valence-corrected chi connectivity index (χ4v) is 3.41. The van der Waals surface area contributed by atoms with Crippen molar-refractivity contribution < 1.29 is 19.1 Å². The molecule has 1 atom stereocenters. The molecule has 1 fully saturated rings. The van der Waals surface area contributed by atoms with Crippen LogP contribution >= 0.6 is 27.7 Å². The van der Waals surface area contributed by atoms with Gasteiger partial charge in [0.2, 0.25) is 0 Å². The van der Waals surface area contributed by atoms with Crippen LogP contribution in [0.1, 0.15) is 30.0 Å². The van der Waals surface area contributed by atoms with Gasteiger partial charge in [-0.25, -0.2) is 9.79 Å². The Hall–Kier alpha value is -2.32. The molecule has 26 heavy (non-hydrogen) atoms. The summed E-state index contributed by atoms with van der Waals surface area (Å²) in [5.41, 5.74) is 0.527. The van der Waals surface area contributed by atoms with Gasteiger partial charge in [-0.3, -0.25) is 4.79 Å². The Morgan fingerprint density at radius 3 is 2.69 bits per heavy atom. The normalized spacial score (nSPS) is 18.3. The number of carboxylic acids is 1. The number of carbonyl (C=O) groups excluding carboxylic acids is 1. The molecule has 134 valence electrons. The molecular formula is C18H15BrN2O4S. The van der Waals surface area contributed by atoms with E-state index in [-0.39, 0.29) is 11.1 Å². The molecule has 1 unspecified atom stereocenters. The van der Waals surface area contributed by atoms with Crippen LogP contribution in [0.4, 0.5) is 0 Å². The van der Waals surface area contributed by atoms with E-state index in [0.717, 1.165) is 28.4 Å². The van der Waals surface area contributed by atoms with E-state index in [1.807, 2.05) is 13.0 Å². The summed E-state index contributed by atoms with van der Waals surface area (Å²) < 4.78 is 6.41. The van der Waals surface area contributed by atoms with E-state index in [1.54, 1.807) is 36.4 Å². The van der Waals surface area contributed by atoms with Gasteiger partial charge in [-0.15, -0.1) is 0 Å². The standard InChI is InChI=1S/C18H15BrN2O4S/c1-2-12-7-8-13(25-12)9-14-16(22)21-18(26-14)20-15(17(23)24)10-3-5-11(19)6-4-10/h3-9,15H,2H2,1H3,(H,23,24)(H,20,21,22)/b14-9-. The minimum absolute atomic E-state index is 0.249. The number of hydrogen-bond donors (Lipinski definition) is 2. The first kappa shape index (κ1) is 18.5. The summed E-state index contributed by atoms with van der Waals surface area (Å²) in [7, 11) is 0. The maximum absolute atomic E-state index is 12.1. The summed E-state index contributed by atoms with van der Waals surface area (Å²) in [5.74, 6) is -0.0207. The van der Waals surface area contributed by atoms with Gasteiger partial charge in [0, 0.05) is 17.0 Å². The number of aliphatic carboxylic acids is 1. The molecule has 6 nitrogen and oxygen atoms in total. The molecule has 1 aliphatic heterocycles. The maximum atomic E-state index is 12.1. The van der Waals surface area contributed by atoms with Crippen LogP contribution in [0, 0.1) is 0 Å². The molecule has 1 saturated heterocycles. The first-order chi connectivity index (χ1) is 12.5. The number of amidine groups is 1. The number of halogens is 1. The minimum atomic E-state index is -1.10. The molecule has 0 aliphatic carbocycles. The van der Waals surface area contributed by atoms with Crippen molar-refractivity contribution in [2.24, 2.45) is 4.99 Å². The predicted octanol–water partition coefficient (Wildman–Crippen LogP) is 3.99. The third kappa shape index (κ3) is 4.25. The fraction of sp³-hybridized carbons (Fsp3) is 0.167. The molecule has 0 spiro atoms. The van der Waals surface area contributed by atoms with Gasteiger partial charge in [0.15, 0.2) is 11.2 Å². The SMILES string of the molecule is CCc1ccc(/C=C2\SC(=NC(C(=O)O)c3ccc(Br)cc3)NC2=O)o1. The number of aryl methyl sites for hydroxylation is 1. The highest BCUT2D eigenvalue weighted by molar-refractivity contribution is 9.10. The molecule has 0 saturated carbocycles. The number of thioether (sulfide) groups is 1. The van der Waals surface area contributed by atoms with Crippen molar-refractivity contribution in [3.63, 3.8) is 0 Å². The van der Waals surface area contributed by atoms with Gasteiger partial charge in [-0.2, -0.15) is 0 Å². The molecule has 1 aromatic heterocycles. The van der Waals surface area contributed by atoms with Crippen molar-refractivity contribution in [2.45, 2.75) is 19.4 Å². The topological polar surface area (TPSA) is 91.9 Å². The van der Waals surface area contributed by atoms with E-state index in [1.165, 1.54) is 0 Å². The van der Waals surface area contributed by atoms with Crippen LogP contribution in [0.2, 0.25) is 0 Å². The fourth-order valence-electron chi connectivity index (χ4n) is 2.31.